The quantitative estimate of drug-likeness (QED) is 0.823. The van der Waals surface area contributed by atoms with E-state index in [9.17, 15) is 4.79 Å². The van der Waals surface area contributed by atoms with Crippen LogP contribution in [0.15, 0.2) is 24.4 Å². The molecule has 1 amide bonds. The third-order valence-electron chi connectivity index (χ3n) is 4.46. The van der Waals surface area contributed by atoms with Crippen LogP contribution >= 0.6 is 0 Å². The fraction of sp³-hybridized carbons (Fsp3) is 0.526. The molecule has 0 radical (unpaired) electrons. The van der Waals surface area contributed by atoms with Gasteiger partial charge in [0.05, 0.1) is 0 Å². The second-order valence-electron chi connectivity index (χ2n) is 7.55. The summed E-state index contributed by atoms with van der Waals surface area (Å²) in [6.07, 6.45) is 3.84. The van der Waals surface area contributed by atoms with Gasteiger partial charge in [0, 0.05) is 43.2 Å². The monoisotopic (exact) mass is 298 g/mol. The molecule has 118 valence electrons. The van der Waals surface area contributed by atoms with Crippen LogP contribution in [0.2, 0.25) is 0 Å². The zero-order valence-electron chi connectivity index (χ0n) is 14.1. The van der Waals surface area contributed by atoms with Gasteiger partial charge in [0.2, 0.25) is 5.91 Å². The number of amides is 1. The lowest BCUT2D eigenvalue weighted by molar-refractivity contribution is -0.133. The lowest BCUT2D eigenvalue weighted by Crippen LogP contribution is -2.34. The molecule has 1 aliphatic rings. The van der Waals surface area contributed by atoms with Gasteiger partial charge in [-0.2, -0.15) is 0 Å². The van der Waals surface area contributed by atoms with Crippen LogP contribution in [0.5, 0.6) is 0 Å². The van der Waals surface area contributed by atoms with Crippen molar-refractivity contribution < 1.29 is 4.79 Å². The number of nitrogens with zero attached hydrogens (tertiary/aromatic N) is 2. The van der Waals surface area contributed by atoms with Crippen LogP contribution in [-0.4, -0.2) is 21.9 Å². The minimum absolute atomic E-state index is 0.0445. The number of aryl methyl sites for hydroxylation is 1. The van der Waals surface area contributed by atoms with Crippen molar-refractivity contribution in [3.05, 3.63) is 35.5 Å². The minimum atomic E-state index is 0.0445. The lowest BCUT2D eigenvalue weighted by atomic mass is 9.91. The van der Waals surface area contributed by atoms with Crippen molar-refractivity contribution in [3.63, 3.8) is 0 Å². The first kappa shape index (κ1) is 15.1. The average molecular weight is 298 g/mol. The van der Waals surface area contributed by atoms with E-state index in [0.29, 0.717) is 6.42 Å². The second kappa shape index (κ2) is 5.45. The largest absolute Gasteiger partial charge is 0.347 e. The Morgan fingerprint density at radius 1 is 1.23 bits per heavy atom. The van der Waals surface area contributed by atoms with Gasteiger partial charge in [0.25, 0.3) is 0 Å². The summed E-state index contributed by atoms with van der Waals surface area (Å²) < 4.78 is 2.32. The number of rotatable bonds is 2. The minimum Gasteiger partial charge on any atom is -0.347 e. The van der Waals surface area contributed by atoms with E-state index in [2.05, 4.69) is 56.7 Å². The Hall–Kier alpha value is -1.77. The Labute approximate surface area is 132 Å². The first-order valence-corrected chi connectivity index (χ1v) is 8.26. The molecule has 0 saturated heterocycles. The van der Waals surface area contributed by atoms with Crippen LogP contribution in [-0.2, 0) is 24.3 Å². The highest BCUT2D eigenvalue weighted by Gasteiger charge is 2.25. The van der Waals surface area contributed by atoms with Gasteiger partial charge in [-0.15, -0.1) is 0 Å². The van der Waals surface area contributed by atoms with Crippen molar-refractivity contribution in [1.29, 1.82) is 0 Å². The lowest BCUT2D eigenvalue weighted by Gasteiger charge is -2.26. The van der Waals surface area contributed by atoms with Crippen LogP contribution in [0.25, 0.3) is 10.9 Å². The van der Waals surface area contributed by atoms with Gasteiger partial charge in [0.15, 0.2) is 0 Å². The van der Waals surface area contributed by atoms with Gasteiger partial charge >= 0.3 is 0 Å². The first-order valence-electron chi connectivity index (χ1n) is 8.26. The molecule has 0 N–H and O–H groups in total. The average Bonchev–Trinajstić information content (AvgIpc) is 2.68. The highest BCUT2D eigenvalue weighted by Crippen LogP contribution is 2.30. The Kier molecular flexibility index (Phi) is 3.75. The normalized spacial score (nSPS) is 15.2. The topological polar surface area (TPSA) is 25.2 Å². The molecule has 1 aromatic heterocycles. The third kappa shape index (κ3) is 2.77. The summed E-state index contributed by atoms with van der Waals surface area (Å²) in [6.45, 7) is 11.1. The molecule has 1 aliphatic heterocycles. The molecule has 22 heavy (non-hydrogen) atoms. The molecule has 3 rings (SSSR count). The van der Waals surface area contributed by atoms with Gasteiger partial charge in [-0.05, 0) is 36.0 Å². The van der Waals surface area contributed by atoms with E-state index in [1.165, 1.54) is 22.0 Å². The van der Waals surface area contributed by atoms with E-state index in [4.69, 9.17) is 0 Å². The number of hydrogen-bond acceptors (Lipinski definition) is 1. The van der Waals surface area contributed by atoms with Crippen LogP contribution < -0.4 is 0 Å². The van der Waals surface area contributed by atoms with Crippen molar-refractivity contribution in [2.75, 3.05) is 6.54 Å². The fourth-order valence-electron chi connectivity index (χ4n) is 3.42. The Morgan fingerprint density at radius 3 is 2.68 bits per heavy atom. The van der Waals surface area contributed by atoms with Gasteiger partial charge in [-0.3, -0.25) is 4.79 Å². The molecule has 3 nitrogen and oxygen atoms in total. The number of hydrogen-bond donors (Lipinski definition) is 0. The van der Waals surface area contributed by atoms with Crippen LogP contribution in [0.3, 0.4) is 0 Å². The smallest absolute Gasteiger partial charge is 0.223 e. The Morgan fingerprint density at radius 2 is 2.00 bits per heavy atom. The summed E-state index contributed by atoms with van der Waals surface area (Å²) >= 11 is 0. The molecule has 0 spiro atoms. The molecule has 2 aromatic rings. The van der Waals surface area contributed by atoms with Crippen LogP contribution in [0, 0.1) is 5.41 Å². The summed E-state index contributed by atoms with van der Waals surface area (Å²) in [4.78, 5) is 14.6. The van der Waals surface area contributed by atoms with Crippen LogP contribution in [0.4, 0.5) is 0 Å². The Balaban J connectivity index is 1.94. The number of carbonyl (C=O) groups excluding carboxylic acids is 1. The van der Waals surface area contributed by atoms with Gasteiger partial charge in [0.1, 0.15) is 0 Å². The van der Waals surface area contributed by atoms with Crippen molar-refractivity contribution >= 4 is 16.8 Å². The molecule has 2 heterocycles. The van der Waals surface area contributed by atoms with Crippen molar-refractivity contribution in [2.45, 2.75) is 53.6 Å². The molecule has 0 aliphatic carbocycles. The van der Waals surface area contributed by atoms with E-state index in [1.807, 2.05) is 4.90 Å². The second-order valence-corrected chi connectivity index (χ2v) is 7.55. The zero-order chi connectivity index (χ0) is 15.9. The van der Waals surface area contributed by atoms with Gasteiger partial charge < -0.3 is 9.47 Å². The van der Waals surface area contributed by atoms with Gasteiger partial charge in [-0.25, -0.2) is 0 Å². The summed E-state index contributed by atoms with van der Waals surface area (Å²) in [5.41, 5.74) is 4.03. The maximum atomic E-state index is 12.6. The summed E-state index contributed by atoms with van der Waals surface area (Å²) in [7, 11) is 0. The Bertz CT molecular complexity index is 706. The zero-order valence-corrected chi connectivity index (χ0v) is 14.1. The predicted octanol–water partition coefficient (Wildman–Crippen LogP) is 3.98. The first-order chi connectivity index (χ1) is 10.4. The molecule has 0 fully saturated rings. The molecular weight excluding hydrogens is 272 g/mol. The van der Waals surface area contributed by atoms with E-state index in [-0.39, 0.29) is 11.3 Å². The summed E-state index contributed by atoms with van der Waals surface area (Å²) in [5, 5.41) is 1.37. The number of benzene rings is 1. The summed E-state index contributed by atoms with van der Waals surface area (Å²) in [5.74, 6) is 0.276. The van der Waals surface area contributed by atoms with Crippen molar-refractivity contribution in [2.24, 2.45) is 5.41 Å². The molecule has 3 heteroatoms. The summed E-state index contributed by atoms with van der Waals surface area (Å²) in [6, 6.07) is 6.48. The number of carbonyl (C=O) groups is 1. The SMILES string of the molecule is CCn1cc2c3c(cccc31)CN(C(=O)CC(C)(C)C)CC2. The van der Waals surface area contributed by atoms with Crippen LogP contribution in [0.1, 0.15) is 45.2 Å². The highest BCUT2D eigenvalue weighted by atomic mass is 16.2. The third-order valence-corrected chi connectivity index (χ3v) is 4.46. The molecule has 0 atom stereocenters. The number of aromatic nitrogens is 1. The van der Waals surface area contributed by atoms with E-state index in [1.54, 1.807) is 0 Å². The predicted molar refractivity (Wildman–Crippen MR) is 90.8 cm³/mol. The van der Waals surface area contributed by atoms with E-state index >= 15 is 0 Å². The maximum Gasteiger partial charge on any atom is 0.223 e. The molecule has 1 aromatic carbocycles. The van der Waals surface area contributed by atoms with E-state index < -0.39 is 0 Å². The fourth-order valence-corrected chi connectivity index (χ4v) is 3.42. The molecule has 0 saturated carbocycles. The molecule has 0 unspecified atom stereocenters. The maximum absolute atomic E-state index is 12.6. The van der Waals surface area contributed by atoms with Gasteiger partial charge in [-0.1, -0.05) is 32.9 Å². The van der Waals surface area contributed by atoms with Crippen molar-refractivity contribution in [3.8, 4) is 0 Å². The van der Waals surface area contributed by atoms with E-state index in [0.717, 1.165) is 26.1 Å². The molecule has 0 bridgehead atoms. The molecular formula is C19H26N2O. The standard InChI is InChI=1S/C19H26N2O/c1-5-20-12-15-9-10-21(17(22)11-19(2,3)4)13-14-7-6-8-16(20)18(14)15/h6-8,12H,5,9-11,13H2,1-4H3. The van der Waals surface area contributed by atoms with Crippen molar-refractivity contribution in [1.82, 2.24) is 9.47 Å². The highest BCUT2D eigenvalue weighted by molar-refractivity contribution is 5.88.